The van der Waals surface area contributed by atoms with Gasteiger partial charge in [-0.3, -0.25) is 4.79 Å². The second-order valence-corrected chi connectivity index (χ2v) is 12.8. The van der Waals surface area contributed by atoms with Gasteiger partial charge in [-0.15, -0.1) is 0 Å². The molecule has 0 aromatic heterocycles. The lowest BCUT2D eigenvalue weighted by molar-refractivity contribution is -0.229. The highest BCUT2D eigenvalue weighted by atomic mass is 32.2. The maximum absolute atomic E-state index is 13.8. The van der Waals surface area contributed by atoms with Gasteiger partial charge < -0.3 is 14.2 Å². The number of ether oxygens (including phenoxy) is 3. The molecule has 3 aliphatic rings. The van der Waals surface area contributed by atoms with Crippen LogP contribution in [0.5, 0.6) is 0 Å². The summed E-state index contributed by atoms with van der Waals surface area (Å²) < 4.78 is 44.7. The van der Waals surface area contributed by atoms with E-state index in [1.165, 1.54) is 5.57 Å². The normalized spacial score (nSPS) is 31.1. The molecule has 4 rings (SSSR count). The Kier molecular flexibility index (Phi) is 7.89. The van der Waals surface area contributed by atoms with Gasteiger partial charge in [0.1, 0.15) is 0 Å². The van der Waals surface area contributed by atoms with Crippen molar-refractivity contribution in [1.82, 2.24) is 0 Å². The summed E-state index contributed by atoms with van der Waals surface area (Å²) in [5, 5.41) is -0.800. The third-order valence-corrected chi connectivity index (χ3v) is 9.89. The SMILES string of the molecule is CO[C@@H]1O[C@H]2OC(=O)C(CC(/C=C(\C)CCC=C(C)C)S(=O)(=O)c3ccc(C)cc3)[C@H]3CC[C@@H]1[C@@H]23. The van der Waals surface area contributed by atoms with E-state index >= 15 is 0 Å². The van der Waals surface area contributed by atoms with Gasteiger partial charge in [0.05, 0.1) is 16.1 Å². The quantitative estimate of drug-likeness (QED) is 0.334. The van der Waals surface area contributed by atoms with E-state index in [0.29, 0.717) is 0 Å². The third kappa shape index (κ3) is 5.42. The fourth-order valence-electron chi connectivity index (χ4n) is 6.01. The summed E-state index contributed by atoms with van der Waals surface area (Å²) in [5.74, 6) is -0.547. The zero-order valence-electron chi connectivity index (χ0n) is 21.4. The van der Waals surface area contributed by atoms with E-state index in [2.05, 4.69) is 19.9 Å². The summed E-state index contributed by atoms with van der Waals surface area (Å²) in [4.78, 5) is 13.4. The second kappa shape index (κ2) is 10.6. The van der Waals surface area contributed by atoms with E-state index in [4.69, 9.17) is 14.2 Å². The lowest BCUT2D eigenvalue weighted by atomic mass is 9.77. The molecule has 2 saturated heterocycles. The Labute approximate surface area is 209 Å². The van der Waals surface area contributed by atoms with Crippen molar-refractivity contribution in [2.45, 2.75) is 82.5 Å². The Morgan fingerprint density at radius 3 is 2.49 bits per heavy atom. The van der Waals surface area contributed by atoms with Crippen LogP contribution < -0.4 is 0 Å². The van der Waals surface area contributed by atoms with Crippen molar-refractivity contribution in [3.8, 4) is 0 Å². The van der Waals surface area contributed by atoms with Crippen molar-refractivity contribution in [2.75, 3.05) is 7.11 Å². The summed E-state index contributed by atoms with van der Waals surface area (Å²) in [6.07, 6.45) is 6.66. The molecule has 1 saturated carbocycles. The smallest absolute Gasteiger partial charge is 0.311 e. The lowest BCUT2D eigenvalue weighted by Gasteiger charge is -2.36. The number of methoxy groups -OCH3 is 1. The molecular formula is C28H38O6S. The molecule has 1 aliphatic carbocycles. The fourth-order valence-corrected chi connectivity index (χ4v) is 7.75. The molecule has 2 aliphatic heterocycles. The summed E-state index contributed by atoms with van der Waals surface area (Å²) >= 11 is 0. The van der Waals surface area contributed by atoms with E-state index in [1.54, 1.807) is 19.2 Å². The van der Waals surface area contributed by atoms with Crippen LogP contribution >= 0.6 is 0 Å². The molecule has 6 nitrogen and oxygen atoms in total. The molecule has 2 unspecified atom stereocenters. The molecular weight excluding hydrogens is 464 g/mol. The van der Waals surface area contributed by atoms with Crippen LogP contribution in [-0.2, 0) is 28.8 Å². The highest BCUT2D eigenvalue weighted by Gasteiger charge is 2.60. The number of hydrogen-bond donors (Lipinski definition) is 0. The first-order chi connectivity index (χ1) is 16.6. The third-order valence-electron chi connectivity index (χ3n) is 7.83. The van der Waals surface area contributed by atoms with Crippen LogP contribution in [0.15, 0.2) is 52.5 Å². The van der Waals surface area contributed by atoms with Crippen molar-refractivity contribution in [3.63, 3.8) is 0 Å². The predicted molar refractivity (Wildman–Crippen MR) is 134 cm³/mol. The standard InChI is InChI=1S/C28H38O6S/c1-17(2)7-6-8-19(4)15-21(35(30,31)20-11-9-18(3)10-12-20)16-24-22-13-14-23-25(22)28(33-26(24)29)34-27(23)32-5/h7,9-12,15,21-25,27-28H,6,8,13-14,16H2,1-5H3/b19-15+/t21?,22-,23-,24?,25+,27-,28-/m1/s1. The molecule has 0 N–H and O–H groups in total. The summed E-state index contributed by atoms with van der Waals surface area (Å²) in [5.41, 5.74) is 3.25. The molecule has 7 heteroatoms. The topological polar surface area (TPSA) is 78.9 Å². The number of carbonyl (C=O) groups is 1. The minimum atomic E-state index is -3.69. The van der Waals surface area contributed by atoms with Gasteiger partial charge in [-0.1, -0.05) is 41.0 Å². The number of rotatable bonds is 9. The zero-order valence-corrected chi connectivity index (χ0v) is 22.2. The minimum Gasteiger partial charge on any atom is -0.435 e. The summed E-state index contributed by atoms with van der Waals surface area (Å²) in [6.45, 7) is 8.02. The first-order valence-electron chi connectivity index (χ1n) is 12.6. The maximum atomic E-state index is 13.8. The molecule has 0 radical (unpaired) electrons. The molecule has 192 valence electrons. The maximum Gasteiger partial charge on any atom is 0.311 e. The predicted octanol–water partition coefficient (Wildman–Crippen LogP) is 5.36. The first kappa shape index (κ1) is 26.1. The van der Waals surface area contributed by atoms with Gasteiger partial charge in [-0.25, -0.2) is 8.42 Å². The zero-order chi connectivity index (χ0) is 25.3. The molecule has 2 heterocycles. The molecule has 0 spiro atoms. The van der Waals surface area contributed by atoms with Crippen LogP contribution in [0.2, 0.25) is 0 Å². The molecule has 1 aromatic carbocycles. The Balaban J connectivity index is 1.63. The number of esters is 1. The molecule has 0 bridgehead atoms. The summed E-state index contributed by atoms with van der Waals surface area (Å²) in [6, 6.07) is 6.96. The van der Waals surface area contributed by atoms with Gasteiger partial charge in [0, 0.05) is 18.9 Å². The molecule has 0 amide bonds. The average molecular weight is 503 g/mol. The number of hydrogen-bond acceptors (Lipinski definition) is 6. The van der Waals surface area contributed by atoms with Gasteiger partial charge in [-0.05, 0) is 77.8 Å². The highest BCUT2D eigenvalue weighted by Crippen LogP contribution is 2.54. The van der Waals surface area contributed by atoms with E-state index in [1.807, 2.05) is 32.1 Å². The number of aryl methyl sites for hydroxylation is 1. The fraction of sp³-hybridized carbons (Fsp3) is 0.607. The molecule has 1 aromatic rings. The second-order valence-electron chi connectivity index (χ2n) is 10.6. The minimum absolute atomic E-state index is 0.0431. The average Bonchev–Trinajstić information content (AvgIpc) is 3.38. The Bertz CT molecular complexity index is 1080. The van der Waals surface area contributed by atoms with Gasteiger partial charge in [0.2, 0.25) is 6.29 Å². The van der Waals surface area contributed by atoms with Crippen LogP contribution in [-0.4, -0.2) is 39.3 Å². The highest BCUT2D eigenvalue weighted by molar-refractivity contribution is 7.92. The molecule has 35 heavy (non-hydrogen) atoms. The van der Waals surface area contributed by atoms with Gasteiger partial charge >= 0.3 is 5.97 Å². The van der Waals surface area contributed by atoms with Gasteiger partial charge in [-0.2, -0.15) is 0 Å². The van der Waals surface area contributed by atoms with Crippen molar-refractivity contribution < 1.29 is 27.4 Å². The van der Waals surface area contributed by atoms with Crippen LogP contribution in [0, 0.1) is 30.6 Å². The van der Waals surface area contributed by atoms with Crippen molar-refractivity contribution in [1.29, 1.82) is 0 Å². The van der Waals surface area contributed by atoms with E-state index in [0.717, 1.165) is 36.8 Å². The van der Waals surface area contributed by atoms with Crippen molar-refractivity contribution in [3.05, 3.63) is 53.1 Å². The van der Waals surface area contributed by atoms with Crippen molar-refractivity contribution in [2.24, 2.45) is 23.7 Å². The lowest BCUT2D eigenvalue weighted by Crippen LogP contribution is -2.44. The van der Waals surface area contributed by atoms with Gasteiger partial charge in [0.25, 0.3) is 0 Å². The molecule has 7 atom stereocenters. The van der Waals surface area contributed by atoms with E-state index < -0.39 is 27.3 Å². The van der Waals surface area contributed by atoms with Crippen LogP contribution in [0.1, 0.15) is 58.4 Å². The number of sulfone groups is 1. The Hall–Kier alpha value is -1.96. The first-order valence-corrected chi connectivity index (χ1v) is 14.2. The van der Waals surface area contributed by atoms with Crippen LogP contribution in [0.3, 0.4) is 0 Å². The monoisotopic (exact) mass is 502 g/mol. The largest absolute Gasteiger partial charge is 0.435 e. The summed E-state index contributed by atoms with van der Waals surface area (Å²) in [7, 11) is -2.08. The number of benzene rings is 1. The van der Waals surface area contributed by atoms with Crippen LogP contribution in [0.4, 0.5) is 0 Å². The Morgan fingerprint density at radius 1 is 1.14 bits per heavy atom. The molecule has 3 fully saturated rings. The number of carbonyl (C=O) groups excluding carboxylic acids is 1. The van der Waals surface area contributed by atoms with Crippen molar-refractivity contribution >= 4 is 15.8 Å². The Morgan fingerprint density at radius 2 is 1.83 bits per heavy atom. The van der Waals surface area contributed by atoms with E-state index in [9.17, 15) is 13.2 Å². The van der Waals surface area contributed by atoms with Crippen LogP contribution in [0.25, 0.3) is 0 Å². The van der Waals surface area contributed by atoms with E-state index in [-0.39, 0.29) is 41.3 Å². The number of allylic oxidation sites excluding steroid dienone is 3. The van der Waals surface area contributed by atoms with Gasteiger partial charge in [0.15, 0.2) is 16.1 Å².